The molecule has 0 amide bonds. The lowest BCUT2D eigenvalue weighted by molar-refractivity contribution is 0.107. The van der Waals surface area contributed by atoms with Gasteiger partial charge in [0.25, 0.3) is 0 Å². The van der Waals surface area contributed by atoms with E-state index in [-0.39, 0.29) is 16.5 Å². The molecule has 1 aliphatic carbocycles. The van der Waals surface area contributed by atoms with Crippen molar-refractivity contribution >= 4 is 28.0 Å². The third-order valence-electron chi connectivity index (χ3n) is 10.8. The Hall–Kier alpha value is -2.68. The molecule has 9 nitrogen and oxygen atoms in total. The van der Waals surface area contributed by atoms with E-state index in [9.17, 15) is 9.65 Å². The number of alkyl halides is 1. The number of ether oxygens (including phenoxy) is 1. The summed E-state index contributed by atoms with van der Waals surface area (Å²) >= 11 is 1.59. The summed E-state index contributed by atoms with van der Waals surface area (Å²) in [5, 5.41) is 14.1. The molecule has 7 heterocycles. The maximum Gasteiger partial charge on any atom is 0.320 e. The summed E-state index contributed by atoms with van der Waals surface area (Å²) in [6, 6.07) is 4.92. The average Bonchev–Trinajstić information content (AvgIpc) is 3.67. The number of halogens is 1. The first-order chi connectivity index (χ1) is 19.4. The van der Waals surface area contributed by atoms with E-state index in [4.69, 9.17) is 20.4 Å². The van der Waals surface area contributed by atoms with Crippen LogP contribution in [0.4, 0.5) is 21.0 Å². The maximum absolute atomic E-state index is 14.4. The zero-order chi connectivity index (χ0) is 27.1. The first kappa shape index (κ1) is 25.1. The summed E-state index contributed by atoms with van der Waals surface area (Å²) in [4.78, 5) is 18.2. The van der Waals surface area contributed by atoms with Crippen LogP contribution >= 0.6 is 11.3 Å². The Balaban J connectivity index is 1.09. The standard InChI is InChI=1S/C29H37FN8OS/c30-19-12-29(5-2-9-37(29)14-19)18-39-26-34-22(11-23(35-26)38-10-7-28(38)6-8-33-15-28)36-16-27(17-36)4-1-3-21-24(27)20(13-31)25(32)40-21/h11,19,33H,1-10,12,14-18,32H2/t19-,28?,29+/m1/s1. The van der Waals surface area contributed by atoms with Crippen molar-refractivity contribution in [1.29, 1.82) is 5.26 Å². The molecule has 0 radical (unpaired) electrons. The van der Waals surface area contributed by atoms with Crippen molar-refractivity contribution < 1.29 is 9.13 Å². The first-order valence-electron chi connectivity index (χ1n) is 14.9. The molecule has 2 aromatic rings. The van der Waals surface area contributed by atoms with Gasteiger partial charge in [-0.15, -0.1) is 11.3 Å². The fourth-order valence-corrected chi connectivity index (χ4v) is 9.89. The van der Waals surface area contributed by atoms with Gasteiger partial charge < -0.3 is 25.6 Å². The van der Waals surface area contributed by atoms with Gasteiger partial charge >= 0.3 is 6.01 Å². The van der Waals surface area contributed by atoms with Gasteiger partial charge in [0.15, 0.2) is 0 Å². The number of nitrogens with one attached hydrogen (secondary N) is 1. The fourth-order valence-electron chi connectivity index (χ4n) is 8.71. The molecule has 2 spiro atoms. The summed E-state index contributed by atoms with van der Waals surface area (Å²) in [5.41, 5.74) is 7.98. The Labute approximate surface area is 238 Å². The molecule has 0 saturated carbocycles. The molecule has 3 N–H and O–H groups in total. The van der Waals surface area contributed by atoms with Gasteiger partial charge in [0, 0.05) is 55.5 Å². The van der Waals surface area contributed by atoms with E-state index in [1.165, 1.54) is 10.4 Å². The average molecular weight is 565 g/mol. The van der Waals surface area contributed by atoms with Gasteiger partial charge in [0.05, 0.1) is 16.6 Å². The summed E-state index contributed by atoms with van der Waals surface area (Å²) in [5.74, 6) is 1.80. The molecule has 8 rings (SSSR count). The van der Waals surface area contributed by atoms with Gasteiger partial charge in [0.1, 0.15) is 35.5 Å². The molecule has 3 atom stereocenters. The van der Waals surface area contributed by atoms with Crippen LogP contribution in [0, 0.1) is 11.3 Å². The SMILES string of the molecule is N#Cc1c(N)sc2c1C1(CCC2)CN(c2cc(N3CCC34CCNC4)nc(OC[C@@]34CCCN3C[C@H](F)C4)n2)C1. The monoisotopic (exact) mass is 564 g/mol. The highest BCUT2D eigenvalue weighted by Crippen LogP contribution is 2.51. The number of hydrogen-bond donors (Lipinski definition) is 2. The van der Waals surface area contributed by atoms with Crippen LogP contribution in [-0.4, -0.2) is 84.5 Å². The topological polar surface area (TPSA) is 107 Å². The zero-order valence-corrected chi connectivity index (χ0v) is 23.7. The second-order valence-corrected chi connectivity index (χ2v) is 14.2. The van der Waals surface area contributed by atoms with Crippen molar-refractivity contribution in [3.05, 3.63) is 22.1 Å². The number of nitrogens with zero attached hydrogens (tertiary/aromatic N) is 6. The highest BCUT2D eigenvalue weighted by Gasteiger charge is 2.52. The van der Waals surface area contributed by atoms with E-state index in [2.05, 4.69) is 32.2 Å². The number of anilines is 3. The molecule has 6 aliphatic rings. The number of aryl methyl sites for hydroxylation is 1. The van der Waals surface area contributed by atoms with Crippen LogP contribution in [-0.2, 0) is 11.8 Å². The number of fused-ring (bicyclic) bond motifs is 3. The highest BCUT2D eigenvalue weighted by molar-refractivity contribution is 7.16. The number of hydrogen-bond acceptors (Lipinski definition) is 10. The van der Waals surface area contributed by atoms with Crippen molar-refractivity contribution in [2.24, 2.45) is 0 Å². The minimum absolute atomic E-state index is 0.0461. The number of rotatable bonds is 5. The van der Waals surface area contributed by atoms with Gasteiger partial charge in [-0.1, -0.05) is 0 Å². The second-order valence-electron chi connectivity index (χ2n) is 13.0. The van der Waals surface area contributed by atoms with Crippen molar-refractivity contribution in [3.8, 4) is 12.1 Å². The van der Waals surface area contributed by atoms with Crippen LogP contribution in [0.15, 0.2) is 6.07 Å². The van der Waals surface area contributed by atoms with Gasteiger partial charge in [-0.05, 0) is 63.6 Å². The zero-order valence-electron chi connectivity index (χ0n) is 22.9. The summed E-state index contributed by atoms with van der Waals surface area (Å²) < 4.78 is 20.8. The molecule has 2 aromatic heterocycles. The number of thiophene rings is 1. The van der Waals surface area contributed by atoms with Crippen molar-refractivity contribution in [3.63, 3.8) is 0 Å². The van der Waals surface area contributed by atoms with Crippen LogP contribution < -0.4 is 25.6 Å². The lowest BCUT2D eigenvalue weighted by atomic mass is 9.66. The van der Waals surface area contributed by atoms with Crippen molar-refractivity contribution in [2.75, 3.05) is 68.0 Å². The normalized spacial score (nSPS) is 32.1. The number of nitrogen functional groups attached to an aromatic ring is 1. The van der Waals surface area contributed by atoms with E-state index < -0.39 is 6.17 Å². The van der Waals surface area contributed by atoms with Gasteiger partial charge in [-0.25, -0.2) is 4.39 Å². The fraction of sp³-hybridized carbons (Fsp3) is 0.690. The van der Waals surface area contributed by atoms with Crippen LogP contribution in [0.3, 0.4) is 0 Å². The molecule has 11 heteroatoms. The van der Waals surface area contributed by atoms with Crippen molar-refractivity contribution in [2.45, 2.75) is 74.0 Å². The number of nitriles is 1. The Morgan fingerprint density at radius 3 is 2.83 bits per heavy atom. The Morgan fingerprint density at radius 1 is 1.18 bits per heavy atom. The molecule has 1 unspecified atom stereocenters. The van der Waals surface area contributed by atoms with Crippen LogP contribution in [0.1, 0.15) is 60.9 Å². The predicted octanol–water partition coefficient (Wildman–Crippen LogP) is 2.98. The summed E-state index contributed by atoms with van der Waals surface area (Å²) in [6.45, 7) is 6.49. The summed E-state index contributed by atoms with van der Waals surface area (Å²) in [6.07, 6.45) is 7.25. The van der Waals surface area contributed by atoms with E-state index in [0.29, 0.717) is 36.1 Å². The molecule has 0 bridgehead atoms. The maximum atomic E-state index is 14.4. The van der Waals surface area contributed by atoms with E-state index in [0.717, 1.165) is 95.9 Å². The van der Waals surface area contributed by atoms with Crippen LogP contribution in [0.2, 0.25) is 0 Å². The highest BCUT2D eigenvalue weighted by atomic mass is 32.1. The molecule has 212 valence electrons. The Bertz CT molecular complexity index is 1380. The first-order valence-corrected chi connectivity index (χ1v) is 15.7. The summed E-state index contributed by atoms with van der Waals surface area (Å²) in [7, 11) is 0. The molecule has 0 aromatic carbocycles. The second kappa shape index (κ2) is 8.91. The largest absolute Gasteiger partial charge is 0.461 e. The quantitative estimate of drug-likeness (QED) is 0.567. The Kier molecular flexibility index (Phi) is 5.58. The van der Waals surface area contributed by atoms with E-state index >= 15 is 0 Å². The molecular formula is C29H37FN8OS. The van der Waals surface area contributed by atoms with Crippen LogP contribution in [0.5, 0.6) is 6.01 Å². The van der Waals surface area contributed by atoms with Crippen LogP contribution in [0.25, 0.3) is 0 Å². The molecular weight excluding hydrogens is 527 g/mol. The molecule has 5 saturated heterocycles. The van der Waals surface area contributed by atoms with Gasteiger partial charge in [-0.2, -0.15) is 15.2 Å². The minimum atomic E-state index is -0.787. The number of nitrogens with two attached hydrogens (primary N) is 1. The smallest absolute Gasteiger partial charge is 0.320 e. The third-order valence-corrected chi connectivity index (χ3v) is 11.9. The minimum Gasteiger partial charge on any atom is -0.461 e. The van der Waals surface area contributed by atoms with Crippen molar-refractivity contribution in [1.82, 2.24) is 20.2 Å². The van der Waals surface area contributed by atoms with E-state index in [1.54, 1.807) is 11.3 Å². The lowest BCUT2D eigenvalue weighted by Gasteiger charge is -2.54. The predicted molar refractivity (Wildman–Crippen MR) is 153 cm³/mol. The molecule has 5 fully saturated rings. The molecule has 40 heavy (non-hydrogen) atoms. The third kappa shape index (κ3) is 3.61. The van der Waals surface area contributed by atoms with Gasteiger partial charge in [-0.3, -0.25) is 4.90 Å². The molecule has 5 aliphatic heterocycles. The number of aromatic nitrogens is 2. The Morgan fingerprint density at radius 2 is 2.05 bits per heavy atom. The van der Waals surface area contributed by atoms with E-state index in [1.807, 2.05) is 0 Å². The van der Waals surface area contributed by atoms with Gasteiger partial charge in [0.2, 0.25) is 0 Å². The lowest BCUT2D eigenvalue weighted by Crippen LogP contribution is -2.62.